The summed E-state index contributed by atoms with van der Waals surface area (Å²) in [7, 11) is 12.4. The Kier molecular flexibility index (Phi) is 105. The van der Waals surface area contributed by atoms with Crippen LogP contribution in [0.3, 0.4) is 0 Å². The number of unbranched alkanes of at least 4 members (excludes halogenated alkanes) is 2. The van der Waals surface area contributed by atoms with Gasteiger partial charge >= 0.3 is 18.3 Å². The SMILES string of the molecule is C#CC(=O)SCC[N+](CC)(CCC)CCC.C#CC(=O)SCC[N+](CC)(CCC)CCCC.C/C=C/C(=O)SCC[N+](C)(C)C.C/C=C/C(=O)SCC[N+](CC)(CC)CC.C/C=C/C(=O)SCC[N+](CC)(CCC)CCC.C/C=C/C(=O)SCC[N+](CC)(CCC)CCCC.CCC[N+](CC)(CCC)CCOC(N)=O.CC[N+](CC)(CC)CCOC(N)=O.C[N+](C)(C)CCOC(N)=O. The van der Waals surface area contributed by atoms with Gasteiger partial charge in [0.2, 0.25) is 20.5 Å². The summed E-state index contributed by atoms with van der Waals surface area (Å²) in [6.07, 6.45) is 36.5. The van der Waals surface area contributed by atoms with Gasteiger partial charge in [-0.1, -0.05) is 177 Å². The van der Waals surface area contributed by atoms with Crippen LogP contribution in [0.4, 0.5) is 14.4 Å². The number of terminal acetylenes is 2. The fraction of sp³-hybridized carbons (Fsp3) is 0.796. The second-order valence-corrected chi connectivity index (χ2v) is 42.2. The minimum atomic E-state index is -0.701. The molecule has 0 rings (SSSR count). The van der Waals surface area contributed by atoms with Crippen LogP contribution in [0, 0.1) is 24.7 Å². The van der Waals surface area contributed by atoms with Gasteiger partial charge in [-0.2, -0.15) is 0 Å². The molecule has 0 radical (unpaired) electrons. The van der Waals surface area contributed by atoms with Crippen molar-refractivity contribution < 1.29 is 97.7 Å². The number of amides is 3. The molecule has 0 saturated carbocycles. The van der Waals surface area contributed by atoms with Gasteiger partial charge in [0, 0.05) is 0 Å². The molecule has 782 valence electrons. The fourth-order valence-electron chi connectivity index (χ4n) is 15.1. The van der Waals surface area contributed by atoms with E-state index < -0.39 is 18.3 Å². The zero-order valence-electron chi connectivity index (χ0n) is 91.4. The molecule has 0 saturated heterocycles. The molecule has 3 amide bonds. The van der Waals surface area contributed by atoms with Crippen molar-refractivity contribution in [3.8, 4) is 24.7 Å². The summed E-state index contributed by atoms with van der Waals surface area (Å²) in [5.41, 5.74) is 14.6. The number of quaternary nitrogens is 9. The van der Waals surface area contributed by atoms with Crippen molar-refractivity contribution in [2.75, 3.05) is 293 Å². The summed E-state index contributed by atoms with van der Waals surface area (Å²) in [5.74, 6) is 9.72. The first-order valence-electron chi connectivity index (χ1n) is 50.5. The third-order valence-electron chi connectivity index (χ3n) is 24.0. The second kappa shape index (κ2) is 95.2. The van der Waals surface area contributed by atoms with Crippen LogP contribution >= 0.6 is 70.6 Å². The Hall–Kier alpha value is -4.35. The van der Waals surface area contributed by atoms with Crippen LogP contribution in [0.2, 0.25) is 0 Å². The summed E-state index contributed by atoms with van der Waals surface area (Å²) >= 11 is 8.30. The molecule has 0 fully saturated rings. The monoisotopic (exact) mass is 2000 g/mol. The molecule has 0 aliphatic heterocycles. The minimum Gasteiger partial charge on any atom is -0.444 e. The maximum absolute atomic E-state index is 11.5. The number of ether oxygens (including phenoxy) is 3. The number of rotatable bonds is 64. The molecular formula is C103H211N12O12S6+9. The molecule has 133 heavy (non-hydrogen) atoms. The lowest BCUT2D eigenvalue weighted by atomic mass is 10.2. The largest absolute Gasteiger partial charge is 0.444 e. The van der Waals surface area contributed by atoms with Gasteiger partial charge in [-0.25, -0.2) is 14.4 Å². The van der Waals surface area contributed by atoms with E-state index in [2.05, 4.69) is 183 Å². The molecule has 0 spiro atoms. The highest BCUT2D eigenvalue weighted by atomic mass is 32.2. The molecule has 0 aromatic rings. The first-order valence-corrected chi connectivity index (χ1v) is 56.4. The zero-order valence-corrected chi connectivity index (χ0v) is 96.3. The van der Waals surface area contributed by atoms with Crippen LogP contribution in [0.25, 0.3) is 0 Å². The highest BCUT2D eigenvalue weighted by Gasteiger charge is 2.29. The number of hydrogen-bond donors (Lipinski definition) is 3. The van der Waals surface area contributed by atoms with E-state index >= 15 is 0 Å². The van der Waals surface area contributed by atoms with E-state index in [1.165, 1.54) is 209 Å². The van der Waals surface area contributed by atoms with E-state index in [1.54, 1.807) is 36.5 Å². The van der Waals surface area contributed by atoms with Crippen molar-refractivity contribution in [1.29, 1.82) is 0 Å². The molecule has 0 bridgehead atoms. The zero-order chi connectivity index (χ0) is 104. The molecule has 2 unspecified atom stereocenters. The van der Waals surface area contributed by atoms with E-state index in [0.29, 0.717) is 19.8 Å². The highest BCUT2D eigenvalue weighted by molar-refractivity contribution is 8.15. The van der Waals surface area contributed by atoms with Gasteiger partial charge in [0.25, 0.3) is 10.2 Å². The number of carbonyl (C=O) groups excluding carboxylic acids is 9. The Morgan fingerprint density at radius 2 is 0.429 bits per heavy atom. The third kappa shape index (κ3) is 90.0. The van der Waals surface area contributed by atoms with Gasteiger partial charge in [0.1, 0.15) is 39.5 Å². The summed E-state index contributed by atoms with van der Waals surface area (Å²) < 4.78 is 23.5. The Labute approximate surface area is 845 Å². The number of hydrogen-bond acceptors (Lipinski definition) is 18. The molecule has 2 atom stereocenters. The number of nitrogens with two attached hydrogens (primary N) is 3. The normalized spacial score (nSPS) is 12.4. The third-order valence-corrected chi connectivity index (χ3v) is 28.8. The number of likely N-dealkylation sites (N-methyl/N-ethyl adjacent to an activating group) is 3. The first-order chi connectivity index (χ1) is 62.8. The fourth-order valence-corrected chi connectivity index (χ4v) is 20.4. The predicted octanol–water partition coefficient (Wildman–Crippen LogP) is 19.5. The molecule has 0 aromatic carbocycles. The van der Waals surface area contributed by atoms with Crippen LogP contribution < -0.4 is 17.2 Å². The standard InChI is InChI=1S/C15H30NOS.C14H26NOS.C14H28NOS.C13H24NOS.C12H24NOS.C11H24N2O2.C9H20N2O2.C9H18NOS.C6H14N2O2/c1-5-9-12-16(8-4,11-7-3)13-14-18-15(17)10-6-2;1-5-9-11-15(8-4,10-6-2)12-13-17-14(16)7-3;1-5-9-14(16)17-13-12-15(8-4,10-6-2)11-7-3;1-5-9-14(8-4,10-6-2)11-12-16-13(15)7-3;1-5-9-12(14)15-11-10-13(6-2,7-3)8-4;1-4-7-13(6-3,8-5-2)9-10-15-11(12)14;1-4-11(5-2,6-3)7-8-13-9(10)12;1-5-6-9(11)12-8-7-10(2,3)4;1-8(2,3)4-5-10-6(7)9/h6,10H,5,7-9,11-14H2,1-4H3;3H,5-6,8-13H2,1-2,4H3;5,9H,6-8,10-13H2,1-4H3;3H,5-6,8-12H2,1-2,4H3;5,9H,6-8,10-11H2,1-4H3;4-10H2,1-3H3,(H-,12,14);4-8H2,1-3H3,(H-,10,12);5-6H,7-8H2,1-4H3;4-5H2,1-3H3,(H-,7,9)/q5*+1;;;+1;/p+3/b10-6+;;9-5+;;9-5+;;;6-5+;. The predicted molar refractivity (Wildman–Crippen MR) is 587 cm³/mol. The Bertz CT molecular complexity index is 3060. The topological polar surface area (TPSA) is 259 Å². The van der Waals surface area contributed by atoms with Crippen molar-refractivity contribution >= 4 is 120 Å². The van der Waals surface area contributed by atoms with Gasteiger partial charge in [-0.15, -0.1) is 12.8 Å². The van der Waals surface area contributed by atoms with Crippen LogP contribution in [-0.2, 0) is 43.0 Å². The summed E-state index contributed by atoms with van der Waals surface area (Å²) in [6, 6.07) is 0. The number of primary amides is 3. The number of allylic oxidation sites excluding steroid dienone is 4. The summed E-state index contributed by atoms with van der Waals surface area (Å²) in [6.45, 7) is 88.9. The van der Waals surface area contributed by atoms with Gasteiger partial charge in [-0.3, -0.25) is 28.8 Å². The minimum absolute atomic E-state index is 0.133. The van der Waals surface area contributed by atoms with Crippen molar-refractivity contribution in [2.24, 2.45) is 17.2 Å². The number of carbonyl (C=O) groups is 9. The van der Waals surface area contributed by atoms with Gasteiger partial charge in [-0.05, 0) is 204 Å². The molecule has 24 nitrogen and oxygen atoms in total. The molecule has 6 N–H and O–H groups in total. The Morgan fingerprint density at radius 3 is 0.617 bits per heavy atom. The van der Waals surface area contributed by atoms with Crippen LogP contribution in [0.5, 0.6) is 0 Å². The van der Waals surface area contributed by atoms with E-state index in [-0.39, 0.29) is 30.7 Å². The lowest BCUT2D eigenvalue weighted by Gasteiger charge is -2.37. The van der Waals surface area contributed by atoms with E-state index in [0.717, 1.165) is 210 Å². The van der Waals surface area contributed by atoms with Crippen LogP contribution in [0.15, 0.2) is 48.6 Å². The molecule has 0 aromatic heterocycles. The highest BCUT2D eigenvalue weighted by Crippen LogP contribution is 2.20. The number of thioether (sulfide) groups is 6. The summed E-state index contributed by atoms with van der Waals surface area (Å²) in [4.78, 5) is 98.1. The average Bonchev–Trinajstić information content (AvgIpc) is 0.890. The lowest BCUT2D eigenvalue weighted by Crippen LogP contribution is -2.51. The van der Waals surface area contributed by atoms with Crippen LogP contribution in [-0.4, -0.2) is 382 Å². The van der Waals surface area contributed by atoms with Gasteiger partial charge in [0.15, 0.2) is 0 Å². The summed E-state index contributed by atoms with van der Waals surface area (Å²) in [5, 5.41) is 0.451. The van der Waals surface area contributed by atoms with Crippen molar-refractivity contribution in [3.05, 3.63) is 48.6 Å². The second-order valence-electron chi connectivity index (χ2n) is 35.6. The first kappa shape index (κ1) is 146. The van der Waals surface area contributed by atoms with E-state index in [4.69, 9.17) is 39.5 Å². The van der Waals surface area contributed by atoms with E-state index in [9.17, 15) is 43.2 Å². The maximum Gasteiger partial charge on any atom is 0.404 e. The van der Waals surface area contributed by atoms with Gasteiger partial charge in [0.05, 0.1) is 254 Å². The van der Waals surface area contributed by atoms with E-state index in [1.807, 2.05) is 61.0 Å². The quantitative estimate of drug-likeness (QED) is 0.0221. The Morgan fingerprint density at radius 1 is 0.248 bits per heavy atom. The van der Waals surface area contributed by atoms with Gasteiger partial charge < -0.3 is 71.8 Å². The number of nitrogens with zero attached hydrogens (tertiary/aromatic N) is 9. The molecule has 0 aliphatic carbocycles. The molecule has 0 heterocycles. The molecular weight excluding hydrogens is 1790 g/mol. The lowest BCUT2D eigenvalue weighted by molar-refractivity contribution is -0.926. The molecule has 30 heteroatoms. The van der Waals surface area contributed by atoms with Crippen molar-refractivity contribution in [3.63, 3.8) is 0 Å². The van der Waals surface area contributed by atoms with Crippen LogP contribution in [0.1, 0.15) is 250 Å². The maximum atomic E-state index is 11.5. The average molecular weight is 2000 g/mol. The Balaban J connectivity index is -0.000000187. The molecule has 0 aliphatic rings. The van der Waals surface area contributed by atoms with Crippen molar-refractivity contribution in [1.82, 2.24) is 0 Å². The smallest absolute Gasteiger partial charge is 0.404 e. The van der Waals surface area contributed by atoms with Crippen molar-refractivity contribution in [2.45, 2.75) is 250 Å².